The summed E-state index contributed by atoms with van der Waals surface area (Å²) < 4.78 is 10.9. The summed E-state index contributed by atoms with van der Waals surface area (Å²) in [6.07, 6.45) is 1.03. The molecule has 29 heavy (non-hydrogen) atoms. The first-order valence-corrected chi connectivity index (χ1v) is 9.45. The van der Waals surface area contributed by atoms with Crippen LogP contribution >= 0.6 is 0 Å². The van der Waals surface area contributed by atoms with Crippen molar-refractivity contribution in [1.29, 1.82) is 0 Å². The minimum atomic E-state index is -0.156. The molecule has 0 saturated carbocycles. The maximum Gasteiger partial charge on any atom is 0.224 e. The highest BCUT2D eigenvalue weighted by molar-refractivity contribution is 5.97. The van der Waals surface area contributed by atoms with Crippen molar-refractivity contribution < 1.29 is 19.1 Å². The van der Waals surface area contributed by atoms with Gasteiger partial charge in [-0.2, -0.15) is 0 Å². The largest absolute Gasteiger partial charge is 0.497 e. The van der Waals surface area contributed by atoms with Gasteiger partial charge in [-0.25, -0.2) is 0 Å². The van der Waals surface area contributed by atoms with Gasteiger partial charge in [0, 0.05) is 18.4 Å². The zero-order chi connectivity index (χ0) is 20.5. The Balaban J connectivity index is 1.51. The maximum absolute atomic E-state index is 12.3. The molecule has 0 unspecified atom stereocenters. The molecule has 5 nitrogen and oxygen atoms in total. The van der Waals surface area contributed by atoms with Gasteiger partial charge in [-0.3, -0.25) is 9.59 Å². The average molecular weight is 389 g/mol. The number of para-hydroxylation sites is 3. The first-order valence-electron chi connectivity index (χ1n) is 9.45. The maximum atomic E-state index is 12.3. The molecule has 0 atom stereocenters. The van der Waals surface area contributed by atoms with Crippen molar-refractivity contribution >= 4 is 17.4 Å². The summed E-state index contributed by atoms with van der Waals surface area (Å²) in [7, 11) is 1.58. The summed E-state index contributed by atoms with van der Waals surface area (Å²) in [5, 5.41) is 2.87. The summed E-state index contributed by atoms with van der Waals surface area (Å²) in [5.41, 5.74) is 1.22. The third-order valence-corrected chi connectivity index (χ3v) is 4.35. The van der Waals surface area contributed by atoms with E-state index in [1.165, 1.54) is 0 Å². The van der Waals surface area contributed by atoms with E-state index in [0.717, 1.165) is 0 Å². The standard InChI is InChI=1S/C24H23NO4/c1-28-19-16-14-18(15-17-19)22(26)11-7-13-24(27)25-21-10-5-6-12-23(21)29-20-8-3-2-4-9-20/h2-6,8-10,12,14-17H,7,11,13H2,1H3,(H,25,27). The number of carbonyl (C=O) groups is 2. The van der Waals surface area contributed by atoms with Crippen molar-refractivity contribution in [1.82, 2.24) is 0 Å². The third-order valence-electron chi connectivity index (χ3n) is 4.35. The molecular formula is C24H23NO4. The van der Waals surface area contributed by atoms with E-state index in [1.807, 2.05) is 42.5 Å². The average Bonchev–Trinajstić information content (AvgIpc) is 2.76. The van der Waals surface area contributed by atoms with Crippen molar-refractivity contribution in [3.05, 3.63) is 84.4 Å². The van der Waals surface area contributed by atoms with E-state index in [-0.39, 0.29) is 18.1 Å². The van der Waals surface area contributed by atoms with Crippen molar-refractivity contribution in [2.75, 3.05) is 12.4 Å². The zero-order valence-electron chi connectivity index (χ0n) is 16.3. The van der Waals surface area contributed by atoms with Crippen LogP contribution in [0, 0.1) is 0 Å². The molecule has 0 aliphatic carbocycles. The van der Waals surface area contributed by atoms with Gasteiger partial charge in [0.25, 0.3) is 0 Å². The van der Waals surface area contributed by atoms with Crippen LogP contribution in [0.1, 0.15) is 29.6 Å². The molecule has 1 N–H and O–H groups in total. The Bertz CT molecular complexity index is 952. The number of ketones is 1. The fraction of sp³-hybridized carbons (Fsp3) is 0.167. The lowest BCUT2D eigenvalue weighted by atomic mass is 10.1. The number of hydrogen-bond acceptors (Lipinski definition) is 4. The van der Waals surface area contributed by atoms with E-state index in [2.05, 4.69) is 5.32 Å². The van der Waals surface area contributed by atoms with Gasteiger partial charge in [0.05, 0.1) is 12.8 Å². The third kappa shape index (κ3) is 5.94. The van der Waals surface area contributed by atoms with Crippen LogP contribution in [-0.2, 0) is 4.79 Å². The molecule has 3 aromatic carbocycles. The normalized spacial score (nSPS) is 10.2. The van der Waals surface area contributed by atoms with Gasteiger partial charge >= 0.3 is 0 Å². The second kappa shape index (κ2) is 10.1. The van der Waals surface area contributed by atoms with Crippen molar-refractivity contribution in [3.63, 3.8) is 0 Å². The van der Waals surface area contributed by atoms with Gasteiger partial charge in [-0.15, -0.1) is 0 Å². The number of hydrogen-bond donors (Lipinski definition) is 1. The Morgan fingerprint density at radius 2 is 1.48 bits per heavy atom. The van der Waals surface area contributed by atoms with Gasteiger partial charge in [-0.1, -0.05) is 30.3 Å². The Kier molecular flexibility index (Phi) is 7.00. The highest BCUT2D eigenvalue weighted by Crippen LogP contribution is 2.29. The quantitative estimate of drug-likeness (QED) is 0.492. The number of carbonyl (C=O) groups excluding carboxylic acids is 2. The predicted molar refractivity (Wildman–Crippen MR) is 113 cm³/mol. The number of rotatable bonds is 9. The highest BCUT2D eigenvalue weighted by atomic mass is 16.5. The topological polar surface area (TPSA) is 64.6 Å². The second-order valence-corrected chi connectivity index (χ2v) is 6.46. The lowest BCUT2D eigenvalue weighted by Crippen LogP contribution is -2.12. The van der Waals surface area contributed by atoms with Gasteiger partial charge in [0.15, 0.2) is 11.5 Å². The lowest BCUT2D eigenvalue weighted by molar-refractivity contribution is -0.116. The zero-order valence-corrected chi connectivity index (χ0v) is 16.3. The number of benzene rings is 3. The first kappa shape index (κ1) is 20.1. The van der Waals surface area contributed by atoms with E-state index in [1.54, 1.807) is 43.5 Å². The van der Waals surface area contributed by atoms with Gasteiger partial charge in [0.1, 0.15) is 11.5 Å². The lowest BCUT2D eigenvalue weighted by Gasteiger charge is -2.12. The number of methoxy groups -OCH3 is 1. The van der Waals surface area contributed by atoms with Gasteiger partial charge in [0.2, 0.25) is 5.91 Å². The van der Waals surface area contributed by atoms with Crippen LogP contribution < -0.4 is 14.8 Å². The SMILES string of the molecule is COc1ccc(C(=O)CCCC(=O)Nc2ccccc2Oc2ccccc2)cc1. The first-order chi connectivity index (χ1) is 14.2. The number of anilines is 1. The Morgan fingerprint density at radius 3 is 2.21 bits per heavy atom. The van der Waals surface area contributed by atoms with Gasteiger partial charge < -0.3 is 14.8 Å². The molecule has 0 aliphatic rings. The van der Waals surface area contributed by atoms with Crippen LogP contribution in [0.15, 0.2) is 78.9 Å². The fourth-order valence-electron chi connectivity index (χ4n) is 2.82. The molecular weight excluding hydrogens is 366 g/mol. The Labute approximate surface area is 170 Å². The number of nitrogens with one attached hydrogen (secondary N) is 1. The predicted octanol–water partition coefficient (Wildman–Crippen LogP) is 5.48. The highest BCUT2D eigenvalue weighted by Gasteiger charge is 2.11. The van der Waals surface area contributed by atoms with E-state index in [4.69, 9.17) is 9.47 Å². The minimum absolute atomic E-state index is 0.00765. The molecule has 0 spiro atoms. The molecule has 5 heteroatoms. The summed E-state index contributed by atoms with van der Waals surface area (Å²) in [6.45, 7) is 0. The fourth-order valence-corrected chi connectivity index (χ4v) is 2.82. The minimum Gasteiger partial charge on any atom is -0.497 e. The summed E-state index contributed by atoms with van der Waals surface area (Å²) in [6, 6.07) is 23.6. The molecule has 3 aromatic rings. The Morgan fingerprint density at radius 1 is 0.793 bits per heavy atom. The second-order valence-electron chi connectivity index (χ2n) is 6.46. The monoisotopic (exact) mass is 389 g/mol. The molecule has 0 aromatic heterocycles. The summed E-state index contributed by atoms with van der Waals surface area (Å²) in [5.74, 6) is 1.82. The van der Waals surface area contributed by atoms with Crippen LogP contribution in [0.5, 0.6) is 17.2 Å². The molecule has 0 saturated heterocycles. The molecule has 0 bridgehead atoms. The molecule has 0 fully saturated rings. The molecule has 1 amide bonds. The van der Waals surface area contributed by atoms with E-state index in [9.17, 15) is 9.59 Å². The Hall–Kier alpha value is -3.60. The van der Waals surface area contributed by atoms with Crippen molar-refractivity contribution in [3.8, 4) is 17.2 Å². The van der Waals surface area contributed by atoms with Crippen molar-refractivity contribution in [2.24, 2.45) is 0 Å². The molecule has 148 valence electrons. The van der Waals surface area contributed by atoms with Crippen LogP contribution in [-0.4, -0.2) is 18.8 Å². The van der Waals surface area contributed by atoms with E-state index in [0.29, 0.717) is 41.3 Å². The summed E-state index contributed by atoms with van der Waals surface area (Å²) >= 11 is 0. The van der Waals surface area contributed by atoms with Gasteiger partial charge in [-0.05, 0) is 55.0 Å². The molecule has 0 aliphatic heterocycles. The molecule has 3 rings (SSSR count). The summed E-state index contributed by atoms with van der Waals surface area (Å²) in [4.78, 5) is 24.6. The van der Waals surface area contributed by atoms with E-state index >= 15 is 0 Å². The van der Waals surface area contributed by atoms with Crippen molar-refractivity contribution in [2.45, 2.75) is 19.3 Å². The van der Waals surface area contributed by atoms with Crippen LogP contribution in [0.4, 0.5) is 5.69 Å². The van der Waals surface area contributed by atoms with Crippen LogP contribution in [0.3, 0.4) is 0 Å². The van der Waals surface area contributed by atoms with Crippen LogP contribution in [0.25, 0.3) is 0 Å². The van der Waals surface area contributed by atoms with Crippen LogP contribution in [0.2, 0.25) is 0 Å². The van der Waals surface area contributed by atoms with E-state index < -0.39 is 0 Å². The number of Topliss-reactive ketones (excluding diaryl/α,β-unsaturated/α-hetero) is 1. The smallest absolute Gasteiger partial charge is 0.224 e. The number of ether oxygens (including phenoxy) is 2. The molecule has 0 radical (unpaired) electrons. The number of amides is 1. The molecule has 0 heterocycles.